The molecule has 1 aromatic heterocycles. The van der Waals surface area contributed by atoms with E-state index in [9.17, 15) is 18.0 Å². The molecule has 0 aliphatic heterocycles. The fourth-order valence-electron chi connectivity index (χ4n) is 13.6. The molecule has 1 heterocycles. The predicted molar refractivity (Wildman–Crippen MR) is 577 cm³/mol. The summed E-state index contributed by atoms with van der Waals surface area (Å²) in [5, 5.41) is 1.34. The highest BCUT2D eigenvalue weighted by molar-refractivity contribution is 5.94. The highest BCUT2D eigenvalue weighted by atomic mass is 19.1. The lowest BCUT2D eigenvalue weighted by Crippen LogP contribution is -2.21. The number of methoxy groups -OCH3 is 1. The van der Waals surface area contributed by atoms with Crippen LogP contribution in [0.4, 0.5) is 41.6 Å². The summed E-state index contributed by atoms with van der Waals surface area (Å²) in [6.45, 7) is 55.8. The number of ether oxygens (including phenoxy) is 1. The first-order chi connectivity index (χ1) is 61.7. The van der Waals surface area contributed by atoms with Gasteiger partial charge in [-0.3, -0.25) is 4.79 Å². The third kappa shape index (κ3) is 42.3. The third-order valence-electron chi connectivity index (χ3n) is 22.7. The number of carbonyl (C=O) groups is 1. The molecule has 0 spiro atoms. The zero-order valence-corrected chi connectivity index (χ0v) is 89.1. The number of fused-ring (bicyclic) bond motifs is 1. The lowest BCUT2D eigenvalue weighted by Gasteiger charge is -2.16. The molecule has 0 atom stereocenters. The van der Waals surface area contributed by atoms with Crippen molar-refractivity contribution >= 4 is 45.2 Å². The van der Waals surface area contributed by atoms with Crippen LogP contribution in [-0.4, -0.2) is 107 Å². The quantitative estimate of drug-likeness (QED) is 0.0848. The maximum atomic E-state index is 13.5. The molecule has 0 bridgehead atoms. The molecule has 12 aromatic rings. The minimum atomic E-state index is -0.469. The van der Waals surface area contributed by atoms with Gasteiger partial charge in [0, 0.05) is 143 Å². The molecule has 132 heavy (non-hydrogen) atoms. The van der Waals surface area contributed by atoms with Gasteiger partial charge < -0.3 is 38.7 Å². The van der Waals surface area contributed by atoms with E-state index in [2.05, 4.69) is 403 Å². The summed E-state index contributed by atoms with van der Waals surface area (Å²) >= 11 is 0. The van der Waals surface area contributed by atoms with Crippen LogP contribution >= 0.6 is 0 Å². The molecular formula is C120H172F3N7O2. The van der Waals surface area contributed by atoms with E-state index in [0.717, 1.165) is 22.6 Å². The first-order valence-corrected chi connectivity index (χ1v) is 47.4. The molecule has 0 N–H and O–H groups in total. The molecule has 0 saturated carbocycles. The first-order valence-electron chi connectivity index (χ1n) is 47.4. The normalized spacial score (nSPS) is 10.6. The number of aryl methyl sites for hydroxylation is 5. The number of aromatic nitrogens is 1. The second-order valence-corrected chi connectivity index (χ2v) is 39.0. The first kappa shape index (κ1) is 117. The maximum absolute atomic E-state index is 13.5. The second kappa shape index (κ2) is 59.5. The van der Waals surface area contributed by atoms with E-state index in [0.29, 0.717) is 58.9 Å². The second-order valence-electron chi connectivity index (χ2n) is 39.0. The number of hydrogen-bond acceptors (Lipinski definition) is 7. The van der Waals surface area contributed by atoms with Crippen LogP contribution in [0.3, 0.4) is 0 Å². The van der Waals surface area contributed by atoms with E-state index in [4.69, 9.17) is 4.74 Å². The summed E-state index contributed by atoms with van der Waals surface area (Å²) < 4.78 is 47.6. The number of anilines is 5. The van der Waals surface area contributed by atoms with Gasteiger partial charge in [0.2, 0.25) is 0 Å². The smallest absolute Gasteiger partial charge is 0.253 e. The van der Waals surface area contributed by atoms with E-state index in [1.54, 1.807) is 65.0 Å². The molecule has 11 aromatic carbocycles. The average Bonchev–Trinajstić information content (AvgIpc) is 1.55. The predicted octanol–water partition coefficient (Wildman–Crippen LogP) is 33.1. The Morgan fingerprint density at radius 1 is 0.288 bits per heavy atom. The fraction of sp³-hybridized carbons (Fsp3) is 0.425. The Kier molecular flexibility index (Phi) is 52.8. The van der Waals surface area contributed by atoms with Crippen molar-refractivity contribution in [1.29, 1.82) is 0 Å². The molecule has 1 amide bonds. The number of amides is 1. The van der Waals surface area contributed by atoms with Gasteiger partial charge >= 0.3 is 0 Å². The van der Waals surface area contributed by atoms with E-state index in [-0.39, 0.29) is 29.1 Å². The van der Waals surface area contributed by atoms with Crippen LogP contribution in [0.25, 0.3) is 10.9 Å². The molecule has 12 heteroatoms. The summed E-state index contributed by atoms with van der Waals surface area (Å²) in [6, 6.07) is 82.9. The minimum Gasteiger partial charge on any atom is -0.497 e. The Balaban J connectivity index is 0.000000492. The Bertz CT molecular complexity index is 5040. The number of rotatable bonds is 18. The van der Waals surface area contributed by atoms with Crippen molar-refractivity contribution in [1.82, 2.24) is 9.47 Å². The van der Waals surface area contributed by atoms with Crippen LogP contribution in [0, 0.1) is 45.1 Å². The molecule has 0 aliphatic carbocycles. The standard InChI is InChI=1S/C12H17NO.C12H15N.C12H19N.C11H15F2N.C11H16FN.2C11H17N.C10H14O.3C10H14/c1-9(2)10-5-7-11(8-6-10)12(14)13(3)4;1-9(2)10-4-5-12-11(8-10)6-7-13(12)3;1-9(2)12-7-6-11(13(4)5)8-10(12)3;1-7(2)11-9(12)5-8(14(3)4)6-10(11)13;1-8(2)10-6-5-9(13(3)4)7-11(10)12;1-9(2)10-5-7-11(8-6-10)12(3)4;1-9(2)10-6-5-7-11(8-10)12(3)4;1-8(2)9-5-4-6-10(7-9)11-3;2*1-8(2)10-6-4-9(3)5-7-10;1-8(2)10-7-5-4-6-9(10)3/h5-9H,1-4H3;4-9H,1-3H3;6-9H,1-5H3;5-7H,1-4H3;5-8H,1-4H3;2*5-9H,1-4H3;4-8H,1-3H3;3*4-8H,1-3H3. The molecule has 0 saturated heterocycles. The van der Waals surface area contributed by atoms with E-state index in [1.165, 1.54) is 112 Å². The molecule has 720 valence electrons. The van der Waals surface area contributed by atoms with Crippen molar-refractivity contribution in [2.24, 2.45) is 7.05 Å². The number of nitrogens with zero attached hydrogens (tertiary/aromatic N) is 7. The van der Waals surface area contributed by atoms with E-state index >= 15 is 0 Å². The number of carbonyl (C=O) groups excluding carboxylic acids is 1. The molecule has 0 fully saturated rings. The van der Waals surface area contributed by atoms with Gasteiger partial charge in [-0.2, -0.15) is 0 Å². The van der Waals surface area contributed by atoms with Crippen LogP contribution in [0.2, 0.25) is 0 Å². The van der Waals surface area contributed by atoms with E-state index in [1.807, 2.05) is 81.4 Å². The van der Waals surface area contributed by atoms with Crippen molar-refractivity contribution in [2.75, 3.05) is 116 Å². The Labute approximate surface area is 801 Å². The van der Waals surface area contributed by atoms with Gasteiger partial charge in [-0.15, -0.1) is 0 Å². The number of benzene rings is 11. The third-order valence-corrected chi connectivity index (χ3v) is 22.7. The van der Waals surface area contributed by atoms with Gasteiger partial charge in [-0.25, -0.2) is 13.2 Å². The molecule has 12 rings (SSSR count). The van der Waals surface area contributed by atoms with Crippen LogP contribution in [0.5, 0.6) is 5.75 Å². The summed E-state index contributed by atoms with van der Waals surface area (Å²) in [4.78, 5) is 23.1. The zero-order chi connectivity index (χ0) is 100. The average molecular weight is 1800 g/mol. The zero-order valence-electron chi connectivity index (χ0n) is 89.1. The molecule has 9 nitrogen and oxygen atoms in total. The monoisotopic (exact) mass is 1800 g/mol. The lowest BCUT2D eigenvalue weighted by molar-refractivity contribution is 0.0827. The highest BCUT2D eigenvalue weighted by Gasteiger charge is 2.16. The molecule has 0 unspecified atom stereocenters. The summed E-state index contributed by atoms with van der Waals surface area (Å²) in [5.74, 6) is 5.59. The van der Waals surface area contributed by atoms with Crippen LogP contribution in [0.15, 0.2) is 249 Å². The van der Waals surface area contributed by atoms with Gasteiger partial charge in [0.25, 0.3) is 5.91 Å². The van der Waals surface area contributed by atoms with Gasteiger partial charge in [-0.1, -0.05) is 303 Å². The van der Waals surface area contributed by atoms with Gasteiger partial charge in [0.1, 0.15) is 23.2 Å². The van der Waals surface area contributed by atoms with Gasteiger partial charge in [0.15, 0.2) is 0 Å². The highest BCUT2D eigenvalue weighted by Crippen LogP contribution is 2.31. The Morgan fingerprint density at radius 3 is 0.992 bits per heavy atom. The maximum Gasteiger partial charge on any atom is 0.253 e. The number of halogens is 3. The largest absolute Gasteiger partial charge is 0.497 e. The van der Waals surface area contributed by atoms with Crippen molar-refractivity contribution in [3.63, 3.8) is 0 Å². The minimum absolute atomic E-state index is 0.0558. The van der Waals surface area contributed by atoms with Crippen molar-refractivity contribution < 1.29 is 22.7 Å². The van der Waals surface area contributed by atoms with Crippen LogP contribution < -0.4 is 29.2 Å². The molecule has 0 aliphatic rings. The van der Waals surface area contributed by atoms with Crippen molar-refractivity contribution in [3.05, 3.63) is 355 Å². The SMILES string of the molecule is CC(C)c1c(F)cc(N(C)C)cc1F.CC(C)c1ccc(C(=O)N(C)C)cc1.CC(C)c1ccc(N(C)C)cc1.CC(C)c1ccc(N(C)C)cc1F.CC(C)c1ccc2c(ccn2C)c1.CC(C)c1cccc(N(C)C)c1.COc1cccc(C(C)C)c1.Cc1cc(N(C)C)ccc1C(C)C.Cc1ccc(C(C)C)cc1.Cc1ccc(C(C)C)cc1.Cc1ccccc1C(C)C. The molecule has 0 radical (unpaired) electrons. The fourth-order valence-corrected chi connectivity index (χ4v) is 13.6. The summed E-state index contributed by atoms with van der Waals surface area (Å²) in [6.07, 6.45) is 2.11. The van der Waals surface area contributed by atoms with Crippen molar-refractivity contribution in [3.8, 4) is 5.75 Å². The lowest BCUT2D eigenvalue weighted by atomic mass is 9.97. The Morgan fingerprint density at radius 2 is 0.629 bits per heavy atom. The summed E-state index contributed by atoms with van der Waals surface area (Å²) in [7, 11) is 27.0. The summed E-state index contributed by atoms with van der Waals surface area (Å²) in [5.41, 5.74) is 26.3. The number of hydrogen-bond donors (Lipinski definition) is 0. The van der Waals surface area contributed by atoms with E-state index < -0.39 is 11.6 Å². The van der Waals surface area contributed by atoms with Crippen LogP contribution in [0.1, 0.15) is 311 Å². The topological polar surface area (TPSA) is 50.7 Å². The van der Waals surface area contributed by atoms with Crippen LogP contribution in [-0.2, 0) is 7.05 Å². The van der Waals surface area contributed by atoms with Gasteiger partial charge in [-0.05, 0) is 268 Å². The Hall–Kier alpha value is -11.0. The van der Waals surface area contributed by atoms with Gasteiger partial charge in [0.05, 0.1) is 7.11 Å². The molecular weight excluding hydrogens is 1630 g/mol. The van der Waals surface area contributed by atoms with Crippen molar-refractivity contribution in [2.45, 2.75) is 245 Å².